The second kappa shape index (κ2) is 6.85. The summed E-state index contributed by atoms with van der Waals surface area (Å²) in [5, 5.41) is 12.5. The summed E-state index contributed by atoms with van der Waals surface area (Å²) >= 11 is 3.29. The molecule has 0 amide bonds. The molecule has 7 heteroatoms. The molecule has 0 unspecified atom stereocenters. The molecule has 4 rings (SSSR count). The molecule has 3 aromatic heterocycles. The van der Waals surface area contributed by atoms with Gasteiger partial charge in [0, 0.05) is 23.7 Å². The van der Waals surface area contributed by atoms with Crippen LogP contribution in [0.25, 0.3) is 22.2 Å². The van der Waals surface area contributed by atoms with E-state index in [2.05, 4.69) is 46.8 Å². The first kappa shape index (κ1) is 16.1. The quantitative estimate of drug-likeness (QED) is 0.474. The van der Waals surface area contributed by atoms with E-state index in [-0.39, 0.29) is 0 Å². The minimum absolute atomic E-state index is 0.720. The number of nitrogens with zero attached hydrogens (tertiary/aromatic N) is 4. The van der Waals surface area contributed by atoms with E-state index in [0.29, 0.717) is 0 Å². The second-order valence-corrected chi connectivity index (χ2v) is 7.44. The number of hydrogen-bond acceptors (Lipinski definition) is 6. The van der Waals surface area contributed by atoms with Gasteiger partial charge >= 0.3 is 0 Å². The van der Waals surface area contributed by atoms with Crippen molar-refractivity contribution in [3.8, 4) is 22.2 Å². The zero-order valence-corrected chi connectivity index (χ0v) is 15.5. The monoisotopic (exact) mass is 368 g/mol. The molecular formula is C18H16N4OS2. The predicted octanol–water partition coefficient (Wildman–Crippen LogP) is 4.80. The van der Waals surface area contributed by atoms with E-state index in [4.69, 9.17) is 9.40 Å². The van der Waals surface area contributed by atoms with Crippen LogP contribution in [0.2, 0.25) is 0 Å². The summed E-state index contributed by atoms with van der Waals surface area (Å²) < 4.78 is 7.34. The molecule has 25 heavy (non-hydrogen) atoms. The summed E-state index contributed by atoms with van der Waals surface area (Å²) in [6.07, 6.45) is 1.64. The average molecular weight is 368 g/mol. The Balaban J connectivity index is 1.46. The first-order valence-electron chi connectivity index (χ1n) is 7.78. The van der Waals surface area contributed by atoms with Crippen LogP contribution in [0.4, 0.5) is 0 Å². The lowest BCUT2D eigenvalue weighted by Crippen LogP contribution is -1.94. The fourth-order valence-corrected chi connectivity index (χ4v) is 4.14. The minimum atomic E-state index is 0.720. The number of thiazole rings is 1. The van der Waals surface area contributed by atoms with Gasteiger partial charge in [-0.25, -0.2) is 4.98 Å². The Kier molecular flexibility index (Phi) is 4.42. The summed E-state index contributed by atoms with van der Waals surface area (Å²) in [4.78, 5) is 4.73. The molecule has 4 aromatic rings. The normalized spacial score (nSPS) is 11.1. The van der Waals surface area contributed by atoms with Gasteiger partial charge in [0.2, 0.25) is 0 Å². The van der Waals surface area contributed by atoms with E-state index in [1.807, 2.05) is 23.7 Å². The lowest BCUT2D eigenvalue weighted by molar-refractivity contribution is 0.572. The molecule has 0 N–H and O–H groups in total. The van der Waals surface area contributed by atoms with Crippen LogP contribution in [0.15, 0.2) is 57.6 Å². The smallest absolute Gasteiger partial charge is 0.200 e. The van der Waals surface area contributed by atoms with Crippen LogP contribution in [-0.2, 0) is 12.8 Å². The molecule has 0 atom stereocenters. The maximum atomic E-state index is 5.39. The van der Waals surface area contributed by atoms with Crippen LogP contribution < -0.4 is 0 Å². The third-order valence-corrected chi connectivity index (χ3v) is 5.77. The van der Waals surface area contributed by atoms with E-state index < -0.39 is 0 Å². The highest BCUT2D eigenvalue weighted by Gasteiger charge is 2.14. The van der Waals surface area contributed by atoms with E-state index in [1.165, 1.54) is 5.56 Å². The van der Waals surface area contributed by atoms with Crippen molar-refractivity contribution in [3.63, 3.8) is 0 Å². The molecule has 0 aliphatic rings. The molecule has 5 nitrogen and oxygen atoms in total. The lowest BCUT2D eigenvalue weighted by Gasteiger charge is -2.01. The second-order valence-electron chi connectivity index (χ2n) is 5.64. The molecule has 0 saturated carbocycles. The molecule has 0 fully saturated rings. The minimum Gasteiger partial charge on any atom is -0.461 e. The summed E-state index contributed by atoms with van der Waals surface area (Å²) in [6, 6.07) is 12.2. The topological polar surface area (TPSA) is 56.7 Å². The highest BCUT2D eigenvalue weighted by atomic mass is 32.2. The number of aryl methyl sites for hydroxylation is 1. The maximum Gasteiger partial charge on any atom is 0.200 e. The zero-order valence-electron chi connectivity index (χ0n) is 13.8. The Bertz CT molecular complexity index is 971. The molecule has 0 spiro atoms. The van der Waals surface area contributed by atoms with Crippen LogP contribution >= 0.6 is 23.1 Å². The molecule has 0 saturated heterocycles. The predicted molar refractivity (Wildman–Crippen MR) is 101 cm³/mol. The van der Waals surface area contributed by atoms with Gasteiger partial charge in [-0.15, -0.1) is 21.5 Å². The van der Waals surface area contributed by atoms with Gasteiger partial charge in [0.25, 0.3) is 0 Å². The number of benzene rings is 1. The van der Waals surface area contributed by atoms with Gasteiger partial charge in [0.1, 0.15) is 5.01 Å². The highest BCUT2D eigenvalue weighted by molar-refractivity contribution is 7.98. The highest BCUT2D eigenvalue weighted by Crippen LogP contribution is 2.29. The van der Waals surface area contributed by atoms with Gasteiger partial charge in [-0.1, -0.05) is 41.6 Å². The van der Waals surface area contributed by atoms with Crippen LogP contribution in [0, 0.1) is 6.92 Å². The van der Waals surface area contributed by atoms with Gasteiger partial charge in [-0.3, -0.25) is 0 Å². The summed E-state index contributed by atoms with van der Waals surface area (Å²) in [5.41, 5.74) is 3.46. The number of rotatable bonds is 5. The van der Waals surface area contributed by atoms with E-state index in [0.717, 1.165) is 38.8 Å². The summed E-state index contributed by atoms with van der Waals surface area (Å²) in [6.45, 7) is 2.09. The molecular weight excluding hydrogens is 352 g/mol. The standard InChI is InChI=1S/C18H16N4OS2/c1-12-5-7-13(8-6-12)17-19-14(10-24-17)11-25-18-21-20-16(22(18)2)15-4-3-9-23-15/h3-10H,11H2,1-2H3. The van der Waals surface area contributed by atoms with E-state index in [9.17, 15) is 0 Å². The van der Waals surface area contributed by atoms with Crippen molar-refractivity contribution in [2.24, 2.45) is 7.05 Å². The first-order valence-corrected chi connectivity index (χ1v) is 9.65. The molecule has 0 aliphatic carbocycles. The van der Waals surface area contributed by atoms with Gasteiger partial charge in [0.05, 0.1) is 12.0 Å². The number of hydrogen-bond donors (Lipinski definition) is 0. The number of furan rings is 1. The number of aromatic nitrogens is 4. The van der Waals surface area contributed by atoms with Crippen LogP contribution in [0.1, 0.15) is 11.3 Å². The lowest BCUT2D eigenvalue weighted by atomic mass is 10.2. The Labute approximate surface area is 153 Å². The fourth-order valence-electron chi connectivity index (χ4n) is 2.40. The van der Waals surface area contributed by atoms with Crippen molar-refractivity contribution in [1.82, 2.24) is 19.7 Å². The molecule has 0 bridgehead atoms. The fraction of sp³-hybridized carbons (Fsp3) is 0.167. The van der Waals surface area contributed by atoms with Gasteiger partial charge < -0.3 is 8.98 Å². The van der Waals surface area contributed by atoms with Crippen molar-refractivity contribution < 1.29 is 4.42 Å². The Morgan fingerprint density at radius 1 is 1.16 bits per heavy atom. The molecule has 1 aromatic carbocycles. The van der Waals surface area contributed by atoms with Crippen molar-refractivity contribution in [2.75, 3.05) is 0 Å². The molecule has 126 valence electrons. The first-order chi connectivity index (χ1) is 12.2. The van der Waals surface area contributed by atoms with Crippen molar-refractivity contribution in [1.29, 1.82) is 0 Å². The van der Waals surface area contributed by atoms with Gasteiger partial charge in [-0.05, 0) is 19.1 Å². The molecule has 0 aliphatic heterocycles. The largest absolute Gasteiger partial charge is 0.461 e. The van der Waals surface area contributed by atoms with Crippen LogP contribution in [-0.4, -0.2) is 19.7 Å². The number of thioether (sulfide) groups is 1. The van der Waals surface area contributed by atoms with Gasteiger partial charge in [0.15, 0.2) is 16.7 Å². The van der Waals surface area contributed by atoms with E-state index in [1.54, 1.807) is 29.4 Å². The Hall–Kier alpha value is -2.38. The Morgan fingerprint density at radius 3 is 2.76 bits per heavy atom. The van der Waals surface area contributed by atoms with Crippen molar-refractivity contribution in [3.05, 3.63) is 59.3 Å². The maximum absolute atomic E-state index is 5.39. The van der Waals surface area contributed by atoms with Crippen molar-refractivity contribution in [2.45, 2.75) is 17.8 Å². The molecule has 3 heterocycles. The third kappa shape index (κ3) is 3.38. The van der Waals surface area contributed by atoms with Crippen molar-refractivity contribution >= 4 is 23.1 Å². The van der Waals surface area contributed by atoms with Crippen LogP contribution in [0.5, 0.6) is 0 Å². The summed E-state index contributed by atoms with van der Waals surface area (Å²) in [5.74, 6) is 2.20. The summed E-state index contributed by atoms with van der Waals surface area (Å²) in [7, 11) is 1.94. The van der Waals surface area contributed by atoms with Crippen LogP contribution in [0.3, 0.4) is 0 Å². The Morgan fingerprint density at radius 2 is 2.00 bits per heavy atom. The third-order valence-electron chi connectivity index (χ3n) is 3.78. The van der Waals surface area contributed by atoms with Gasteiger partial charge in [-0.2, -0.15) is 0 Å². The zero-order chi connectivity index (χ0) is 17.2. The SMILES string of the molecule is Cc1ccc(-c2nc(CSc3nnc(-c4ccco4)n3C)cs2)cc1. The van der Waals surface area contributed by atoms with E-state index >= 15 is 0 Å². The molecule has 0 radical (unpaired) electrons. The average Bonchev–Trinajstić information content (AvgIpc) is 3.34.